The Hall–Kier alpha value is -0.970. The fourth-order valence-corrected chi connectivity index (χ4v) is 2.72. The van der Waals surface area contributed by atoms with Crippen LogP contribution in [0.5, 0.6) is 0 Å². The Morgan fingerprint density at radius 3 is 3.13 bits per heavy atom. The molecule has 0 amide bonds. The molecule has 2 rings (SSSR count). The summed E-state index contributed by atoms with van der Waals surface area (Å²) in [5.74, 6) is 4.27. The summed E-state index contributed by atoms with van der Waals surface area (Å²) in [7, 11) is 1.88. The molecule has 15 heavy (non-hydrogen) atoms. The number of anilines is 2. The molecule has 1 saturated heterocycles. The average Bonchev–Trinajstić information content (AvgIpc) is 2.30. The van der Waals surface area contributed by atoms with Gasteiger partial charge in [-0.15, -0.1) is 0 Å². The Morgan fingerprint density at radius 1 is 1.53 bits per heavy atom. The summed E-state index contributed by atoms with van der Waals surface area (Å²) >= 11 is 2.01. The quantitative estimate of drug-likeness (QED) is 0.823. The number of hydrogen-bond acceptors (Lipinski definition) is 5. The fourth-order valence-electron chi connectivity index (χ4n) is 1.71. The van der Waals surface area contributed by atoms with E-state index in [0.717, 1.165) is 18.2 Å². The van der Waals surface area contributed by atoms with Gasteiger partial charge < -0.3 is 10.2 Å². The van der Waals surface area contributed by atoms with Crippen molar-refractivity contribution in [2.75, 3.05) is 35.3 Å². The Balaban J connectivity index is 2.19. The van der Waals surface area contributed by atoms with Crippen molar-refractivity contribution >= 4 is 23.4 Å². The van der Waals surface area contributed by atoms with Gasteiger partial charge in [0.1, 0.15) is 18.0 Å². The lowest BCUT2D eigenvalue weighted by atomic mass is 10.3. The molecule has 1 N–H and O–H groups in total. The number of nitrogens with one attached hydrogen (secondary N) is 1. The molecule has 1 aliphatic heterocycles. The number of rotatable bonds is 2. The van der Waals surface area contributed by atoms with E-state index in [1.165, 1.54) is 11.5 Å². The lowest BCUT2D eigenvalue weighted by Gasteiger charge is -2.34. The number of nitrogens with zero attached hydrogens (tertiary/aromatic N) is 3. The van der Waals surface area contributed by atoms with E-state index in [9.17, 15) is 0 Å². The van der Waals surface area contributed by atoms with Gasteiger partial charge in [0.25, 0.3) is 0 Å². The molecule has 1 aromatic rings. The van der Waals surface area contributed by atoms with E-state index in [4.69, 9.17) is 0 Å². The molecule has 0 bridgehead atoms. The van der Waals surface area contributed by atoms with Crippen LogP contribution >= 0.6 is 11.8 Å². The highest BCUT2D eigenvalue weighted by atomic mass is 32.2. The molecule has 4 nitrogen and oxygen atoms in total. The zero-order valence-corrected chi connectivity index (χ0v) is 9.92. The Morgan fingerprint density at radius 2 is 2.40 bits per heavy atom. The van der Waals surface area contributed by atoms with Crippen LogP contribution in [0.25, 0.3) is 0 Å². The molecule has 1 unspecified atom stereocenters. The first-order valence-electron chi connectivity index (χ1n) is 5.15. The maximum atomic E-state index is 4.33. The first-order chi connectivity index (χ1) is 7.31. The second-order valence-electron chi connectivity index (χ2n) is 3.63. The van der Waals surface area contributed by atoms with Crippen molar-refractivity contribution in [1.29, 1.82) is 0 Å². The molecular weight excluding hydrogens is 208 g/mol. The van der Waals surface area contributed by atoms with Crippen LogP contribution in [-0.2, 0) is 0 Å². The highest BCUT2D eigenvalue weighted by molar-refractivity contribution is 7.99. The van der Waals surface area contributed by atoms with E-state index in [1.807, 2.05) is 24.9 Å². The maximum Gasteiger partial charge on any atom is 0.134 e. The second kappa shape index (κ2) is 4.70. The standard InChI is InChI=1S/C10H16N4S/c1-8-6-15-4-3-14(8)10-5-9(11-2)12-7-13-10/h5,7-8H,3-4,6H2,1-2H3,(H,11,12,13). The Kier molecular flexibility index (Phi) is 3.30. The van der Waals surface area contributed by atoms with Gasteiger partial charge in [-0.3, -0.25) is 0 Å². The third-order valence-electron chi connectivity index (χ3n) is 2.57. The van der Waals surface area contributed by atoms with Crippen LogP contribution < -0.4 is 10.2 Å². The summed E-state index contributed by atoms with van der Waals surface area (Å²) < 4.78 is 0. The lowest BCUT2D eigenvalue weighted by Crippen LogP contribution is -2.40. The van der Waals surface area contributed by atoms with Gasteiger partial charge in [-0.05, 0) is 6.92 Å². The van der Waals surface area contributed by atoms with Crippen LogP contribution in [0.3, 0.4) is 0 Å². The molecule has 1 aromatic heterocycles. The van der Waals surface area contributed by atoms with Gasteiger partial charge in [0.15, 0.2) is 0 Å². The van der Waals surface area contributed by atoms with Gasteiger partial charge in [0, 0.05) is 37.2 Å². The van der Waals surface area contributed by atoms with E-state index in [0.29, 0.717) is 6.04 Å². The molecular formula is C10H16N4S. The van der Waals surface area contributed by atoms with Crippen molar-refractivity contribution in [3.05, 3.63) is 12.4 Å². The van der Waals surface area contributed by atoms with E-state index >= 15 is 0 Å². The predicted octanol–water partition coefficient (Wildman–Crippen LogP) is 1.46. The summed E-state index contributed by atoms with van der Waals surface area (Å²) in [6.07, 6.45) is 1.62. The molecule has 0 aliphatic carbocycles. The summed E-state index contributed by atoms with van der Waals surface area (Å²) in [6.45, 7) is 3.32. The minimum absolute atomic E-state index is 0.559. The van der Waals surface area contributed by atoms with Gasteiger partial charge in [-0.25, -0.2) is 9.97 Å². The maximum absolute atomic E-state index is 4.33. The van der Waals surface area contributed by atoms with Gasteiger partial charge >= 0.3 is 0 Å². The Bertz CT molecular complexity index is 331. The Labute approximate surface area is 94.5 Å². The highest BCUT2D eigenvalue weighted by Crippen LogP contribution is 2.22. The minimum atomic E-state index is 0.559. The van der Waals surface area contributed by atoms with Crippen molar-refractivity contribution in [2.24, 2.45) is 0 Å². The first kappa shape index (κ1) is 10.5. The molecule has 82 valence electrons. The summed E-state index contributed by atoms with van der Waals surface area (Å²) in [5, 5.41) is 3.04. The molecule has 1 aliphatic rings. The van der Waals surface area contributed by atoms with Crippen molar-refractivity contribution in [2.45, 2.75) is 13.0 Å². The zero-order valence-electron chi connectivity index (χ0n) is 9.10. The zero-order chi connectivity index (χ0) is 10.7. The molecule has 0 aromatic carbocycles. The second-order valence-corrected chi connectivity index (χ2v) is 4.78. The van der Waals surface area contributed by atoms with Crippen molar-refractivity contribution in [3.63, 3.8) is 0 Å². The third-order valence-corrected chi connectivity index (χ3v) is 3.76. The third kappa shape index (κ3) is 2.34. The van der Waals surface area contributed by atoms with E-state index in [1.54, 1.807) is 6.33 Å². The molecule has 5 heteroatoms. The van der Waals surface area contributed by atoms with Crippen LogP contribution in [0.4, 0.5) is 11.6 Å². The molecule has 0 radical (unpaired) electrons. The average molecular weight is 224 g/mol. The van der Waals surface area contributed by atoms with Crippen molar-refractivity contribution in [3.8, 4) is 0 Å². The van der Waals surface area contributed by atoms with Gasteiger partial charge in [-0.1, -0.05) is 0 Å². The summed E-state index contributed by atoms with van der Waals surface area (Å²) in [6, 6.07) is 2.57. The normalized spacial score (nSPS) is 21.5. The van der Waals surface area contributed by atoms with Gasteiger partial charge in [0.05, 0.1) is 0 Å². The minimum Gasteiger partial charge on any atom is -0.373 e. The first-order valence-corrected chi connectivity index (χ1v) is 6.31. The SMILES string of the molecule is CNc1cc(N2CCSCC2C)ncn1. The van der Waals surface area contributed by atoms with Gasteiger partial charge in [-0.2, -0.15) is 11.8 Å². The van der Waals surface area contributed by atoms with Crippen LogP contribution in [0.1, 0.15) is 6.92 Å². The summed E-state index contributed by atoms with van der Waals surface area (Å²) in [5.41, 5.74) is 0. The number of thioether (sulfide) groups is 1. The van der Waals surface area contributed by atoms with Crippen molar-refractivity contribution in [1.82, 2.24) is 9.97 Å². The largest absolute Gasteiger partial charge is 0.373 e. The molecule has 0 spiro atoms. The predicted molar refractivity (Wildman–Crippen MR) is 65.7 cm³/mol. The molecule has 1 fully saturated rings. The van der Waals surface area contributed by atoms with Gasteiger partial charge in [0.2, 0.25) is 0 Å². The number of aromatic nitrogens is 2. The van der Waals surface area contributed by atoms with Crippen LogP contribution in [0.2, 0.25) is 0 Å². The fraction of sp³-hybridized carbons (Fsp3) is 0.600. The smallest absolute Gasteiger partial charge is 0.134 e. The number of hydrogen-bond donors (Lipinski definition) is 1. The van der Waals surface area contributed by atoms with E-state index in [-0.39, 0.29) is 0 Å². The lowest BCUT2D eigenvalue weighted by molar-refractivity contribution is 0.688. The van der Waals surface area contributed by atoms with Crippen LogP contribution in [-0.4, -0.2) is 41.1 Å². The van der Waals surface area contributed by atoms with E-state index < -0.39 is 0 Å². The molecule has 2 heterocycles. The van der Waals surface area contributed by atoms with Crippen LogP contribution in [0, 0.1) is 0 Å². The molecule has 1 atom stereocenters. The van der Waals surface area contributed by atoms with Crippen LogP contribution in [0.15, 0.2) is 12.4 Å². The van der Waals surface area contributed by atoms with Crippen molar-refractivity contribution < 1.29 is 0 Å². The highest BCUT2D eigenvalue weighted by Gasteiger charge is 2.19. The summed E-state index contributed by atoms with van der Waals surface area (Å²) in [4.78, 5) is 10.8. The van der Waals surface area contributed by atoms with E-state index in [2.05, 4.69) is 27.1 Å². The monoisotopic (exact) mass is 224 g/mol. The topological polar surface area (TPSA) is 41.0 Å². The molecule has 0 saturated carbocycles.